The Morgan fingerprint density at radius 1 is 1.29 bits per heavy atom. The largest absolute Gasteiger partial charge is 0.395 e. The molecule has 2 nitrogen and oxygen atoms in total. The van der Waals surface area contributed by atoms with Crippen LogP contribution in [-0.2, 0) is 0 Å². The fourth-order valence-corrected chi connectivity index (χ4v) is 1.76. The first-order chi connectivity index (χ1) is 6.79. The molecule has 1 N–H and O–H groups in total. The summed E-state index contributed by atoms with van der Waals surface area (Å²) in [6.07, 6.45) is 6.28. The van der Waals surface area contributed by atoms with E-state index in [2.05, 4.69) is 24.8 Å². The molecule has 0 spiro atoms. The van der Waals surface area contributed by atoms with Crippen LogP contribution in [0.3, 0.4) is 0 Å². The van der Waals surface area contributed by atoms with Crippen LogP contribution < -0.4 is 0 Å². The summed E-state index contributed by atoms with van der Waals surface area (Å²) in [5, 5.41) is 8.94. The molecule has 0 heterocycles. The van der Waals surface area contributed by atoms with Crippen molar-refractivity contribution in [2.24, 2.45) is 0 Å². The highest BCUT2D eigenvalue weighted by Gasteiger charge is 2.12. The van der Waals surface area contributed by atoms with E-state index in [-0.39, 0.29) is 6.61 Å². The van der Waals surface area contributed by atoms with Crippen LogP contribution in [0.2, 0.25) is 0 Å². The van der Waals surface area contributed by atoms with Gasteiger partial charge in [0.05, 0.1) is 6.61 Å². The second kappa shape index (κ2) is 9.50. The van der Waals surface area contributed by atoms with E-state index in [1.165, 1.54) is 0 Å². The molecule has 0 amide bonds. The van der Waals surface area contributed by atoms with Gasteiger partial charge < -0.3 is 5.11 Å². The zero-order valence-corrected chi connectivity index (χ0v) is 10.0. The smallest absolute Gasteiger partial charge is 0.0558 e. The Morgan fingerprint density at radius 3 is 2.36 bits per heavy atom. The quantitative estimate of drug-likeness (QED) is 0.500. The van der Waals surface area contributed by atoms with Gasteiger partial charge in [-0.25, -0.2) is 0 Å². The van der Waals surface area contributed by atoms with Gasteiger partial charge in [-0.1, -0.05) is 26.0 Å². The highest BCUT2D eigenvalue weighted by molar-refractivity contribution is 6.18. The summed E-state index contributed by atoms with van der Waals surface area (Å²) < 4.78 is 0. The summed E-state index contributed by atoms with van der Waals surface area (Å²) in [6.45, 7) is 6.23. The Kier molecular flexibility index (Phi) is 9.47. The fraction of sp³-hybridized carbons (Fsp3) is 0.818. The summed E-state index contributed by atoms with van der Waals surface area (Å²) in [6, 6.07) is 0.571. The van der Waals surface area contributed by atoms with E-state index in [0.29, 0.717) is 11.9 Å². The van der Waals surface area contributed by atoms with Crippen molar-refractivity contribution in [3.63, 3.8) is 0 Å². The van der Waals surface area contributed by atoms with Gasteiger partial charge in [0, 0.05) is 25.0 Å². The molecule has 0 saturated carbocycles. The SMILES string of the molecule is CCC(CC)N(CC=CCCl)CCO. The molecular formula is C11H22ClNO. The van der Waals surface area contributed by atoms with Crippen LogP contribution in [0.1, 0.15) is 26.7 Å². The minimum Gasteiger partial charge on any atom is -0.395 e. The Morgan fingerprint density at radius 2 is 1.93 bits per heavy atom. The molecular weight excluding hydrogens is 198 g/mol. The van der Waals surface area contributed by atoms with Crippen LogP contribution in [-0.4, -0.2) is 41.6 Å². The number of hydrogen-bond acceptors (Lipinski definition) is 2. The minimum atomic E-state index is 0.227. The molecule has 0 rings (SSSR count). The molecule has 3 heteroatoms. The van der Waals surface area contributed by atoms with E-state index in [0.717, 1.165) is 25.9 Å². The Hall–Kier alpha value is -0.0500. The molecule has 0 atom stereocenters. The van der Waals surface area contributed by atoms with Crippen molar-refractivity contribution in [1.29, 1.82) is 0 Å². The molecule has 0 aromatic rings. The molecule has 0 aromatic heterocycles. The van der Waals surface area contributed by atoms with Gasteiger partial charge in [-0.05, 0) is 12.8 Å². The van der Waals surface area contributed by atoms with E-state index in [1.807, 2.05) is 6.08 Å². The number of rotatable bonds is 8. The maximum atomic E-state index is 8.94. The lowest BCUT2D eigenvalue weighted by Gasteiger charge is -2.28. The third-order valence-electron chi connectivity index (χ3n) is 2.44. The summed E-state index contributed by atoms with van der Waals surface area (Å²) in [5.41, 5.74) is 0. The highest BCUT2D eigenvalue weighted by Crippen LogP contribution is 2.07. The first-order valence-corrected chi connectivity index (χ1v) is 5.89. The van der Waals surface area contributed by atoms with Crippen LogP contribution in [0.25, 0.3) is 0 Å². The van der Waals surface area contributed by atoms with Gasteiger partial charge in [0.2, 0.25) is 0 Å². The third kappa shape index (κ3) is 5.63. The van der Waals surface area contributed by atoms with Gasteiger partial charge in [0.15, 0.2) is 0 Å². The molecule has 0 aliphatic rings. The predicted octanol–water partition coefficient (Wildman–Crippen LogP) is 2.26. The molecule has 0 aliphatic heterocycles. The molecule has 0 aliphatic carbocycles. The lowest BCUT2D eigenvalue weighted by Crippen LogP contribution is -2.36. The Labute approximate surface area is 92.6 Å². The second-order valence-corrected chi connectivity index (χ2v) is 3.62. The zero-order chi connectivity index (χ0) is 10.8. The van der Waals surface area contributed by atoms with Crippen molar-refractivity contribution in [3.05, 3.63) is 12.2 Å². The number of nitrogens with zero attached hydrogens (tertiary/aromatic N) is 1. The maximum absolute atomic E-state index is 8.94. The van der Waals surface area contributed by atoms with Gasteiger partial charge in [0.1, 0.15) is 0 Å². The highest BCUT2D eigenvalue weighted by atomic mass is 35.5. The standard InChI is InChI=1S/C11H22ClNO/c1-3-11(4-2)13(9-10-14)8-6-5-7-12/h5-6,11,14H,3-4,7-10H2,1-2H3. The summed E-state index contributed by atoms with van der Waals surface area (Å²) >= 11 is 5.55. The van der Waals surface area contributed by atoms with E-state index in [4.69, 9.17) is 16.7 Å². The molecule has 0 fully saturated rings. The molecule has 0 unspecified atom stereocenters. The first-order valence-electron chi connectivity index (χ1n) is 5.35. The van der Waals surface area contributed by atoms with Crippen molar-refractivity contribution in [1.82, 2.24) is 4.90 Å². The number of aliphatic hydroxyl groups excluding tert-OH is 1. The number of allylic oxidation sites excluding steroid dienone is 1. The number of halogens is 1. The molecule has 0 radical (unpaired) electrons. The van der Waals surface area contributed by atoms with Gasteiger partial charge >= 0.3 is 0 Å². The maximum Gasteiger partial charge on any atom is 0.0558 e. The van der Waals surface area contributed by atoms with Crippen LogP contribution in [0.15, 0.2) is 12.2 Å². The monoisotopic (exact) mass is 219 g/mol. The van der Waals surface area contributed by atoms with Crippen molar-refractivity contribution >= 4 is 11.6 Å². The minimum absolute atomic E-state index is 0.227. The normalized spacial score (nSPS) is 12.1. The van der Waals surface area contributed by atoms with E-state index < -0.39 is 0 Å². The van der Waals surface area contributed by atoms with Crippen LogP contribution >= 0.6 is 11.6 Å². The molecule has 84 valence electrons. The van der Waals surface area contributed by atoms with E-state index in [9.17, 15) is 0 Å². The average molecular weight is 220 g/mol. The summed E-state index contributed by atoms with van der Waals surface area (Å²) in [5.74, 6) is 0.565. The van der Waals surface area contributed by atoms with Crippen LogP contribution in [0, 0.1) is 0 Å². The third-order valence-corrected chi connectivity index (χ3v) is 2.62. The zero-order valence-electron chi connectivity index (χ0n) is 9.25. The molecule has 14 heavy (non-hydrogen) atoms. The van der Waals surface area contributed by atoms with Gasteiger partial charge in [-0.15, -0.1) is 11.6 Å². The molecule has 0 saturated heterocycles. The summed E-state index contributed by atoms with van der Waals surface area (Å²) in [4.78, 5) is 2.29. The van der Waals surface area contributed by atoms with Gasteiger partial charge in [0.25, 0.3) is 0 Å². The predicted molar refractivity (Wildman–Crippen MR) is 62.9 cm³/mol. The number of aliphatic hydroxyl groups is 1. The van der Waals surface area contributed by atoms with Crippen molar-refractivity contribution < 1.29 is 5.11 Å². The van der Waals surface area contributed by atoms with Crippen LogP contribution in [0.5, 0.6) is 0 Å². The van der Waals surface area contributed by atoms with E-state index in [1.54, 1.807) is 0 Å². The summed E-state index contributed by atoms with van der Waals surface area (Å²) in [7, 11) is 0. The average Bonchev–Trinajstić information content (AvgIpc) is 2.20. The second-order valence-electron chi connectivity index (χ2n) is 3.31. The number of hydrogen-bond donors (Lipinski definition) is 1. The Bertz CT molecular complexity index is 146. The Balaban J connectivity index is 4.04. The lowest BCUT2D eigenvalue weighted by molar-refractivity contribution is 0.157. The topological polar surface area (TPSA) is 23.5 Å². The number of alkyl halides is 1. The molecule has 0 aromatic carbocycles. The van der Waals surface area contributed by atoms with Crippen molar-refractivity contribution in [3.8, 4) is 0 Å². The fourth-order valence-electron chi connectivity index (χ4n) is 1.63. The van der Waals surface area contributed by atoms with Gasteiger partial charge in [-0.3, -0.25) is 4.90 Å². The molecule has 0 bridgehead atoms. The van der Waals surface area contributed by atoms with Gasteiger partial charge in [-0.2, -0.15) is 0 Å². The van der Waals surface area contributed by atoms with Crippen molar-refractivity contribution in [2.45, 2.75) is 32.7 Å². The van der Waals surface area contributed by atoms with Crippen LogP contribution in [0.4, 0.5) is 0 Å². The lowest BCUT2D eigenvalue weighted by atomic mass is 10.1. The van der Waals surface area contributed by atoms with E-state index >= 15 is 0 Å². The van der Waals surface area contributed by atoms with Crippen molar-refractivity contribution in [2.75, 3.05) is 25.6 Å². The first kappa shape index (κ1) is 13.9.